The summed E-state index contributed by atoms with van der Waals surface area (Å²) in [5.41, 5.74) is 0.606. The van der Waals surface area contributed by atoms with Gasteiger partial charge >= 0.3 is 5.97 Å². The zero-order chi connectivity index (χ0) is 29.2. The summed E-state index contributed by atoms with van der Waals surface area (Å²) < 4.78 is 11.2. The fraction of sp³-hybridized carbons (Fsp3) is 0.909. The molecule has 0 radical (unpaired) electrons. The third-order valence-corrected chi connectivity index (χ3v) is 8.63. The molecule has 40 heavy (non-hydrogen) atoms. The van der Waals surface area contributed by atoms with Gasteiger partial charge in [0.2, 0.25) is 0 Å². The van der Waals surface area contributed by atoms with Gasteiger partial charge in [0.05, 0.1) is 36.6 Å². The Labute approximate surface area is 243 Å². The van der Waals surface area contributed by atoms with Crippen molar-refractivity contribution in [1.82, 2.24) is 0 Å². The van der Waals surface area contributed by atoms with Gasteiger partial charge in [-0.3, -0.25) is 0 Å². The van der Waals surface area contributed by atoms with E-state index >= 15 is 0 Å². The van der Waals surface area contributed by atoms with Gasteiger partial charge in [-0.05, 0) is 57.9 Å². The maximum absolute atomic E-state index is 11.6. The average molecular weight is 569 g/mol. The van der Waals surface area contributed by atoms with Crippen molar-refractivity contribution in [3.63, 3.8) is 0 Å². The highest BCUT2D eigenvalue weighted by Gasteiger charge is 2.30. The maximum Gasteiger partial charge on any atom is 0.334 e. The van der Waals surface area contributed by atoms with Crippen molar-refractivity contribution in [3.8, 4) is 0 Å². The van der Waals surface area contributed by atoms with Crippen LogP contribution in [0.1, 0.15) is 149 Å². The molecule has 0 aliphatic carbocycles. The predicted molar refractivity (Wildman–Crippen MR) is 159 cm³/mol. The highest BCUT2D eigenvalue weighted by Crippen LogP contribution is 2.28. The van der Waals surface area contributed by atoms with Crippen LogP contribution in [0, 0.1) is 0 Å². The lowest BCUT2D eigenvalue weighted by molar-refractivity contribution is -0.139. The molecule has 0 aromatic heterocycles. The van der Waals surface area contributed by atoms with Gasteiger partial charge in [0.25, 0.3) is 0 Å². The number of hydrogen-bond donors (Lipinski definition) is 4. The van der Waals surface area contributed by atoms with Crippen LogP contribution in [0.3, 0.4) is 0 Å². The summed E-state index contributed by atoms with van der Waals surface area (Å²) in [5, 5.41) is 41.1. The third kappa shape index (κ3) is 14.8. The molecule has 1 fully saturated rings. The fourth-order valence-electron chi connectivity index (χ4n) is 6.06. The topological polar surface area (TPSA) is 116 Å². The molecule has 4 N–H and O–H groups in total. The number of carbonyl (C=O) groups excluding carboxylic acids is 1. The molecule has 0 spiro atoms. The Bertz CT molecular complexity index is 696. The van der Waals surface area contributed by atoms with Crippen LogP contribution >= 0.6 is 0 Å². The molecule has 2 rings (SSSR count). The average Bonchev–Trinajstić information content (AvgIpc) is 3.52. The SMILES string of the molecule is CCCCCCC[C@H](O)[C@@H](O)CCCCC[C@H](O)[C@@H]1CC[C@@H](CCCCCCC[C@@H](O)CC2=C[C@H](C)OC2=O)O1. The molecular weight excluding hydrogens is 508 g/mol. The lowest BCUT2D eigenvalue weighted by Gasteiger charge is -2.20. The molecule has 1 saturated heterocycles. The minimum atomic E-state index is -0.632. The number of ether oxygens (including phenoxy) is 2. The number of unbranched alkanes of at least 4 members (excludes halogenated alkanes) is 10. The van der Waals surface area contributed by atoms with Crippen molar-refractivity contribution in [2.24, 2.45) is 0 Å². The largest absolute Gasteiger partial charge is 0.455 e. The smallest absolute Gasteiger partial charge is 0.334 e. The van der Waals surface area contributed by atoms with E-state index in [1.165, 1.54) is 19.3 Å². The molecule has 0 bridgehead atoms. The summed E-state index contributed by atoms with van der Waals surface area (Å²) in [6.45, 7) is 4.02. The van der Waals surface area contributed by atoms with E-state index in [2.05, 4.69) is 6.92 Å². The monoisotopic (exact) mass is 568 g/mol. The number of aliphatic hydroxyl groups is 4. The van der Waals surface area contributed by atoms with Gasteiger partial charge in [-0.25, -0.2) is 4.79 Å². The molecule has 234 valence electrons. The highest BCUT2D eigenvalue weighted by atomic mass is 16.5. The van der Waals surface area contributed by atoms with Crippen LogP contribution in [0.5, 0.6) is 0 Å². The van der Waals surface area contributed by atoms with Gasteiger partial charge in [-0.2, -0.15) is 0 Å². The summed E-state index contributed by atoms with van der Waals surface area (Å²) in [6, 6.07) is 0. The van der Waals surface area contributed by atoms with E-state index in [1.54, 1.807) is 6.08 Å². The summed E-state index contributed by atoms with van der Waals surface area (Å²) >= 11 is 0. The van der Waals surface area contributed by atoms with Crippen LogP contribution in [0.2, 0.25) is 0 Å². The van der Waals surface area contributed by atoms with Crippen molar-refractivity contribution in [1.29, 1.82) is 0 Å². The second kappa shape index (κ2) is 20.8. The van der Waals surface area contributed by atoms with Gasteiger partial charge in [-0.1, -0.05) is 90.4 Å². The molecule has 2 aliphatic rings. The first-order chi connectivity index (χ1) is 19.3. The molecule has 7 atom stereocenters. The van der Waals surface area contributed by atoms with Gasteiger partial charge in [-0.15, -0.1) is 0 Å². The summed E-state index contributed by atoms with van der Waals surface area (Å²) in [7, 11) is 0. The molecule has 0 unspecified atom stereocenters. The summed E-state index contributed by atoms with van der Waals surface area (Å²) in [5.74, 6) is -0.290. The molecule has 7 nitrogen and oxygen atoms in total. The van der Waals surface area contributed by atoms with Gasteiger partial charge in [0, 0.05) is 12.0 Å². The van der Waals surface area contributed by atoms with Crippen LogP contribution in [-0.2, 0) is 14.3 Å². The quantitative estimate of drug-likeness (QED) is 0.0800. The molecule has 0 amide bonds. The minimum absolute atomic E-state index is 0.0538. The van der Waals surface area contributed by atoms with Gasteiger partial charge in [0.15, 0.2) is 0 Å². The lowest BCUT2D eigenvalue weighted by atomic mass is 9.98. The van der Waals surface area contributed by atoms with Gasteiger partial charge < -0.3 is 29.9 Å². The summed E-state index contributed by atoms with van der Waals surface area (Å²) in [6.07, 6.45) is 19.8. The van der Waals surface area contributed by atoms with E-state index in [4.69, 9.17) is 9.47 Å². The summed E-state index contributed by atoms with van der Waals surface area (Å²) in [4.78, 5) is 11.6. The number of rotatable bonds is 24. The van der Waals surface area contributed by atoms with E-state index in [1.807, 2.05) is 6.92 Å². The number of esters is 1. The van der Waals surface area contributed by atoms with E-state index in [-0.39, 0.29) is 24.3 Å². The standard InChI is InChI=1S/C33H60O7/c1-3-4-5-7-13-18-29(35)30(36)19-14-10-15-20-31(37)32-22-21-28(40-32)17-12-9-6-8-11-16-27(34)24-26-23-25(2)39-33(26)38/h23,25,27-32,34-37H,3-22,24H2,1-2H3/t25-,27+,28+,29-,30-,31-,32-/m0/s1. The van der Waals surface area contributed by atoms with Crippen LogP contribution in [0.15, 0.2) is 11.6 Å². The van der Waals surface area contributed by atoms with Crippen molar-refractivity contribution in [2.75, 3.05) is 0 Å². The number of hydrogen-bond acceptors (Lipinski definition) is 7. The van der Waals surface area contributed by atoms with Crippen molar-refractivity contribution >= 4 is 5.97 Å². The van der Waals surface area contributed by atoms with Crippen LogP contribution in [0.25, 0.3) is 0 Å². The Kier molecular flexibility index (Phi) is 18.3. The molecule has 0 aromatic carbocycles. The molecule has 0 aromatic rings. The Morgan fingerprint density at radius 3 is 2.00 bits per heavy atom. The zero-order valence-corrected chi connectivity index (χ0v) is 25.5. The van der Waals surface area contributed by atoms with Crippen LogP contribution in [0.4, 0.5) is 0 Å². The fourth-order valence-corrected chi connectivity index (χ4v) is 6.06. The Balaban J connectivity index is 1.41. The second-order valence-electron chi connectivity index (χ2n) is 12.4. The first-order valence-electron chi connectivity index (χ1n) is 16.6. The molecule has 2 heterocycles. The lowest BCUT2D eigenvalue weighted by Crippen LogP contribution is -2.26. The Hall–Kier alpha value is -0.990. The predicted octanol–water partition coefficient (Wildman–Crippen LogP) is 6.28. The van der Waals surface area contributed by atoms with Gasteiger partial charge in [0.1, 0.15) is 6.10 Å². The molecule has 0 saturated carbocycles. The molecular formula is C33H60O7. The molecule has 7 heteroatoms. The third-order valence-electron chi connectivity index (χ3n) is 8.63. The van der Waals surface area contributed by atoms with E-state index in [9.17, 15) is 25.2 Å². The van der Waals surface area contributed by atoms with Crippen molar-refractivity contribution in [3.05, 3.63) is 11.6 Å². The van der Waals surface area contributed by atoms with E-state index in [0.29, 0.717) is 31.3 Å². The number of carbonyl (C=O) groups is 1. The normalized spacial score (nSPS) is 24.1. The first-order valence-corrected chi connectivity index (χ1v) is 16.6. The minimum Gasteiger partial charge on any atom is -0.455 e. The number of aliphatic hydroxyl groups excluding tert-OH is 4. The van der Waals surface area contributed by atoms with E-state index < -0.39 is 24.4 Å². The van der Waals surface area contributed by atoms with Crippen molar-refractivity contribution in [2.45, 2.75) is 191 Å². The zero-order valence-electron chi connectivity index (χ0n) is 25.5. The van der Waals surface area contributed by atoms with Crippen LogP contribution < -0.4 is 0 Å². The van der Waals surface area contributed by atoms with Crippen LogP contribution in [-0.4, -0.2) is 69.1 Å². The Morgan fingerprint density at radius 2 is 1.35 bits per heavy atom. The second-order valence-corrected chi connectivity index (χ2v) is 12.4. The van der Waals surface area contributed by atoms with Crippen molar-refractivity contribution < 1.29 is 34.7 Å². The molecule has 2 aliphatic heterocycles. The highest BCUT2D eigenvalue weighted by molar-refractivity contribution is 5.90. The number of cyclic esters (lactones) is 1. The first kappa shape index (κ1) is 35.2. The van der Waals surface area contributed by atoms with E-state index in [0.717, 1.165) is 89.9 Å². The maximum atomic E-state index is 11.6. The Morgan fingerprint density at radius 1 is 0.775 bits per heavy atom.